The first-order valence-corrected chi connectivity index (χ1v) is 14.0. The van der Waals surface area contributed by atoms with Gasteiger partial charge in [0.25, 0.3) is 0 Å². The van der Waals surface area contributed by atoms with Gasteiger partial charge in [0.05, 0.1) is 43.4 Å². The molecule has 0 unspecified atom stereocenters. The number of methoxy groups -OCH3 is 2. The lowest BCUT2D eigenvalue weighted by molar-refractivity contribution is -0.116. The van der Waals surface area contributed by atoms with Crippen LogP contribution in [-0.2, 0) is 4.79 Å². The maximum atomic E-state index is 13.1. The van der Waals surface area contributed by atoms with Gasteiger partial charge in [-0.05, 0) is 80.2 Å². The molecule has 212 valence electrons. The maximum Gasteiger partial charge on any atom is 0.226 e. The molecule has 0 aliphatic carbocycles. The molecule has 2 aromatic heterocycles. The molecule has 1 amide bonds. The summed E-state index contributed by atoms with van der Waals surface area (Å²) in [7, 11) is 3.23. The number of nitrogens with one attached hydrogen (secondary N) is 2. The van der Waals surface area contributed by atoms with Crippen LogP contribution in [0, 0.1) is 13.8 Å². The average Bonchev–Trinajstić information content (AvgIpc) is 3.46. The molecular formula is C31H32ClN5O3S. The predicted molar refractivity (Wildman–Crippen MR) is 165 cm³/mol. The van der Waals surface area contributed by atoms with Crippen molar-refractivity contribution in [1.82, 2.24) is 19.8 Å². The van der Waals surface area contributed by atoms with Gasteiger partial charge in [-0.3, -0.25) is 9.78 Å². The fraction of sp³-hybridized carbons (Fsp3) is 0.258. The second-order valence-corrected chi connectivity index (χ2v) is 10.6. The second-order valence-electron chi connectivity index (χ2n) is 9.80. The van der Waals surface area contributed by atoms with Crippen molar-refractivity contribution in [2.75, 3.05) is 26.1 Å². The van der Waals surface area contributed by atoms with Crippen molar-refractivity contribution in [3.8, 4) is 17.2 Å². The number of rotatable bonds is 9. The second kappa shape index (κ2) is 12.2. The number of ether oxygens (including phenoxy) is 2. The summed E-state index contributed by atoms with van der Waals surface area (Å²) < 4.78 is 13.2. The Balaban J connectivity index is 1.50. The molecule has 1 aliphatic rings. The molecule has 3 heterocycles. The number of pyridine rings is 1. The Bertz CT molecular complexity index is 1580. The van der Waals surface area contributed by atoms with Crippen molar-refractivity contribution >= 4 is 40.5 Å². The third kappa shape index (κ3) is 5.73. The number of benzene rings is 2. The highest BCUT2D eigenvalue weighted by atomic mass is 35.5. The molecule has 0 bridgehead atoms. The number of aryl methyl sites for hydroxylation is 1. The molecule has 1 saturated heterocycles. The van der Waals surface area contributed by atoms with E-state index < -0.39 is 0 Å². The van der Waals surface area contributed by atoms with Gasteiger partial charge in [0, 0.05) is 35.6 Å². The Morgan fingerprint density at radius 1 is 1.05 bits per heavy atom. The van der Waals surface area contributed by atoms with E-state index in [4.69, 9.17) is 33.3 Å². The van der Waals surface area contributed by atoms with Crippen LogP contribution in [0.5, 0.6) is 11.5 Å². The molecule has 4 aromatic rings. The highest BCUT2D eigenvalue weighted by Gasteiger charge is 2.41. The van der Waals surface area contributed by atoms with Crippen molar-refractivity contribution in [2.45, 2.75) is 32.4 Å². The SMILES string of the molecule is COc1ccccc1NC(=O)CCN1C(=S)N[C@@H](c2ccccn2)[C@@H]1c1cc(C)n(-c2cc(Cl)ccc2OC)c1C. The monoisotopic (exact) mass is 589 g/mol. The molecule has 1 fully saturated rings. The van der Waals surface area contributed by atoms with Crippen LogP contribution in [0.15, 0.2) is 72.9 Å². The molecular weight excluding hydrogens is 558 g/mol. The molecule has 8 nitrogen and oxygen atoms in total. The van der Waals surface area contributed by atoms with Crippen LogP contribution in [0.2, 0.25) is 5.02 Å². The van der Waals surface area contributed by atoms with E-state index in [9.17, 15) is 4.79 Å². The summed E-state index contributed by atoms with van der Waals surface area (Å²) in [6.45, 7) is 4.54. The van der Waals surface area contributed by atoms with Gasteiger partial charge in [-0.25, -0.2) is 0 Å². The zero-order chi connectivity index (χ0) is 29.1. The van der Waals surface area contributed by atoms with Gasteiger partial charge in [-0.1, -0.05) is 29.8 Å². The summed E-state index contributed by atoms with van der Waals surface area (Å²) in [4.78, 5) is 19.8. The molecule has 41 heavy (non-hydrogen) atoms. The number of thiocarbonyl (C=S) groups is 1. The number of carbonyl (C=O) groups excluding carboxylic acids is 1. The zero-order valence-electron chi connectivity index (χ0n) is 23.3. The normalized spacial score (nSPS) is 16.4. The largest absolute Gasteiger partial charge is 0.495 e. The molecule has 2 atom stereocenters. The topological polar surface area (TPSA) is 80.7 Å². The van der Waals surface area contributed by atoms with Gasteiger partial charge < -0.3 is 29.6 Å². The van der Waals surface area contributed by atoms with E-state index in [0.717, 1.165) is 28.3 Å². The van der Waals surface area contributed by atoms with E-state index >= 15 is 0 Å². The van der Waals surface area contributed by atoms with E-state index in [1.165, 1.54) is 0 Å². The Morgan fingerprint density at radius 2 is 1.80 bits per heavy atom. The number of halogens is 1. The number of hydrogen-bond acceptors (Lipinski definition) is 5. The first-order valence-electron chi connectivity index (χ1n) is 13.3. The van der Waals surface area contributed by atoms with Gasteiger partial charge >= 0.3 is 0 Å². The first kappa shape index (κ1) is 28.4. The van der Waals surface area contributed by atoms with Crippen LogP contribution in [0.25, 0.3) is 5.69 Å². The van der Waals surface area contributed by atoms with Crippen molar-refractivity contribution in [2.24, 2.45) is 0 Å². The van der Waals surface area contributed by atoms with Gasteiger partial charge in [0.15, 0.2) is 5.11 Å². The van der Waals surface area contributed by atoms with Crippen molar-refractivity contribution < 1.29 is 14.3 Å². The number of amides is 1. The summed E-state index contributed by atoms with van der Waals surface area (Å²) in [5, 5.41) is 7.63. The standard InChI is InChI=1S/C31H32ClN5O3S/c1-19-17-22(20(2)37(19)25-18-21(32)12-13-27(25)40-4)30-29(24-10-7-8-15-33-24)35-31(41)36(30)16-14-28(38)34-23-9-5-6-11-26(23)39-3/h5-13,15,17-18,29-30H,14,16H2,1-4H3,(H,34,38)(H,35,41)/t29-,30-/m0/s1. The smallest absolute Gasteiger partial charge is 0.226 e. The molecule has 2 N–H and O–H groups in total. The number of anilines is 1. The van der Waals surface area contributed by atoms with E-state index in [-0.39, 0.29) is 24.4 Å². The third-order valence-corrected chi connectivity index (χ3v) is 7.92. The minimum atomic E-state index is -0.212. The fourth-order valence-electron chi connectivity index (χ4n) is 5.46. The maximum absolute atomic E-state index is 13.1. The van der Waals surface area contributed by atoms with E-state index in [2.05, 4.69) is 45.0 Å². The third-order valence-electron chi connectivity index (χ3n) is 7.33. The van der Waals surface area contributed by atoms with Crippen LogP contribution in [0.1, 0.15) is 41.1 Å². The average molecular weight is 590 g/mol. The zero-order valence-corrected chi connectivity index (χ0v) is 24.9. The van der Waals surface area contributed by atoms with Crippen LogP contribution >= 0.6 is 23.8 Å². The van der Waals surface area contributed by atoms with Crippen LogP contribution < -0.4 is 20.1 Å². The molecule has 0 radical (unpaired) electrons. The van der Waals surface area contributed by atoms with Crippen molar-refractivity contribution in [3.05, 3.63) is 101 Å². The molecule has 5 rings (SSSR count). The number of para-hydroxylation sites is 2. The van der Waals surface area contributed by atoms with Crippen LogP contribution in [0.3, 0.4) is 0 Å². The summed E-state index contributed by atoms with van der Waals surface area (Å²) >= 11 is 12.2. The predicted octanol–water partition coefficient (Wildman–Crippen LogP) is 6.16. The Kier molecular flexibility index (Phi) is 8.46. The van der Waals surface area contributed by atoms with Gasteiger partial charge in [0.2, 0.25) is 5.91 Å². The Labute approximate surface area is 250 Å². The van der Waals surface area contributed by atoms with Crippen molar-refractivity contribution in [3.63, 3.8) is 0 Å². The minimum absolute atomic E-state index is 0.133. The number of aromatic nitrogens is 2. The molecule has 2 aromatic carbocycles. The summed E-state index contributed by atoms with van der Waals surface area (Å²) in [6.07, 6.45) is 2.01. The number of nitrogens with zero attached hydrogens (tertiary/aromatic N) is 3. The number of hydrogen-bond donors (Lipinski definition) is 2. The van der Waals surface area contributed by atoms with Crippen molar-refractivity contribution in [1.29, 1.82) is 0 Å². The van der Waals surface area contributed by atoms with E-state index in [0.29, 0.717) is 33.9 Å². The van der Waals surface area contributed by atoms with E-state index in [1.807, 2.05) is 60.7 Å². The Morgan fingerprint density at radius 3 is 2.54 bits per heavy atom. The van der Waals surface area contributed by atoms with Gasteiger partial charge in [-0.15, -0.1) is 0 Å². The molecule has 0 saturated carbocycles. The highest BCUT2D eigenvalue weighted by molar-refractivity contribution is 7.80. The van der Waals surface area contributed by atoms with E-state index in [1.54, 1.807) is 20.4 Å². The summed E-state index contributed by atoms with van der Waals surface area (Å²) in [5.74, 6) is 1.19. The molecule has 0 spiro atoms. The quantitative estimate of drug-likeness (QED) is 0.226. The summed E-state index contributed by atoms with van der Waals surface area (Å²) in [6, 6.07) is 20.5. The molecule has 1 aliphatic heterocycles. The summed E-state index contributed by atoms with van der Waals surface area (Å²) in [5.41, 5.74) is 5.45. The molecule has 10 heteroatoms. The Hall–Kier alpha value is -4.08. The number of carbonyl (C=O) groups is 1. The van der Waals surface area contributed by atoms with Gasteiger partial charge in [0.1, 0.15) is 11.5 Å². The van der Waals surface area contributed by atoms with Crippen LogP contribution in [0.4, 0.5) is 5.69 Å². The minimum Gasteiger partial charge on any atom is -0.495 e. The fourth-order valence-corrected chi connectivity index (χ4v) is 5.96. The highest BCUT2D eigenvalue weighted by Crippen LogP contribution is 2.42. The van der Waals surface area contributed by atoms with Gasteiger partial charge in [-0.2, -0.15) is 0 Å². The van der Waals surface area contributed by atoms with Crippen LogP contribution in [-0.4, -0.2) is 46.2 Å². The lowest BCUT2D eigenvalue weighted by Gasteiger charge is -2.28. The first-order chi connectivity index (χ1) is 19.8. The lowest BCUT2D eigenvalue weighted by atomic mass is 9.96. The lowest BCUT2D eigenvalue weighted by Crippen LogP contribution is -2.33.